The largest absolute Gasteiger partial charge is 0.493 e. The summed E-state index contributed by atoms with van der Waals surface area (Å²) in [4.78, 5) is 1.46. The number of hydrogen-bond acceptors (Lipinski definition) is 4. The second-order valence-corrected chi connectivity index (χ2v) is 6.17. The number of aromatic nitrogens is 2. The highest BCUT2D eigenvalue weighted by molar-refractivity contribution is 7.09. The lowest BCUT2D eigenvalue weighted by Gasteiger charge is -2.19. The Morgan fingerprint density at radius 1 is 1.48 bits per heavy atom. The molecule has 0 radical (unpaired) electrons. The fourth-order valence-corrected chi connectivity index (χ4v) is 3.38. The molecule has 2 aromatic rings. The predicted molar refractivity (Wildman–Crippen MR) is 88.1 cm³/mol. The highest BCUT2D eigenvalue weighted by Gasteiger charge is 2.20. The molecule has 0 amide bonds. The topological polar surface area (TPSA) is 39.1 Å². The van der Waals surface area contributed by atoms with E-state index in [-0.39, 0.29) is 6.04 Å². The Morgan fingerprint density at radius 3 is 2.95 bits per heavy atom. The summed E-state index contributed by atoms with van der Waals surface area (Å²) >= 11 is 1.84. The number of ether oxygens (including phenoxy) is 1. The summed E-state index contributed by atoms with van der Waals surface area (Å²) in [7, 11) is 3.73. The maximum atomic E-state index is 5.49. The molecular formula is C16H25N3OS. The first kappa shape index (κ1) is 16.0. The van der Waals surface area contributed by atoms with Crippen molar-refractivity contribution in [2.45, 2.75) is 45.2 Å². The van der Waals surface area contributed by atoms with Gasteiger partial charge in [-0.2, -0.15) is 5.10 Å². The molecule has 1 unspecified atom stereocenters. The molecule has 116 valence electrons. The van der Waals surface area contributed by atoms with Crippen LogP contribution in [0.3, 0.4) is 0 Å². The molecule has 1 atom stereocenters. The molecule has 2 heterocycles. The van der Waals surface area contributed by atoms with E-state index in [1.54, 1.807) is 7.11 Å². The number of thiophene rings is 1. The van der Waals surface area contributed by atoms with Gasteiger partial charge >= 0.3 is 0 Å². The van der Waals surface area contributed by atoms with Gasteiger partial charge < -0.3 is 10.1 Å². The van der Waals surface area contributed by atoms with Gasteiger partial charge in [0.05, 0.1) is 25.0 Å². The van der Waals surface area contributed by atoms with Crippen LogP contribution >= 0.6 is 11.3 Å². The van der Waals surface area contributed by atoms with Crippen LogP contribution in [0.25, 0.3) is 0 Å². The number of nitrogens with zero attached hydrogens (tertiary/aromatic N) is 2. The lowest BCUT2D eigenvalue weighted by molar-refractivity contribution is 0.387. The first-order valence-corrected chi connectivity index (χ1v) is 8.47. The molecule has 0 bridgehead atoms. The molecule has 0 saturated carbocycles. The van der Waals surface area contributed by atoms with Gasteiger partial charge in [-0.3, -0.25) is 4.68 Å². The Balaban J connectivity index is 2.03. The van der Waals surface area contributed by atoms with Crippen LogP contribution < -0.4 is 10.1 Å². The SMILES string of the molecule is CCCn1ncc(OC)c1C(CCCc1cccs1)NC. The minimum atomic E-state index is 0.286. The fraction of sp³-hybridized carbons (Fsp3) is 0.562. The molecular weight excluding hydrogens is 282 g/mol. The summed E-state index contributed by atoms with van der Waals surface area (Å²) in [6, 6.07) is 4.62. The van der Waals surface area contributed by atoms with Gasteiger partial charge in [0.25, 0.3) is 0 Å². The average molecular weight is 307 g/mol. The van der Waals surface area contributed by atoms with E-state index in [1.807, 2.05) is 24.6 Å². The summed E-state index contributed by atoms with van der Waals surface area (Å²) in [6.07, 6.45) is 6.28. The van der Waals surface area contributed by atoms with Gasteiger partial charge in [-0.15, -0.1) is 11.3 Å². The molecule has 0 fully saturated rings. The van der Waals surface area contributed by atoms with E-state index in [9.17, 15) is 0 Å². The zero-order valence-corrected chi connectivity index (χ0v) is 13.9. The van der Waals surface area contributed by atoms with Gasteiger partial charge in [0.1, 0.15) is 0 Å². The van der Waals surface area contributed by atoms with Crippen LogP contribution in [-0.2, 0) is 13.0 Å². The molecule has 0 aromatic carbocycles. The average Bonchev–Trinajstić information content (AvgIpc) is 3.14. The third-order valence-electron chi connectivity index (χ3n) is 3.67. The van der Waals surface area contributed by atoms with Crippen molar-refractivity contribution in [3.8, 4) is 5.75 Å². The van der Waals surface area contributed by atoms with E-state index < -0.39 is 0 Å². The lowest BCUT2D eigenvalue weighted by atomic mass is 10.1. The highest BCUT2D eigenvalue weighted by Crippen LogP contribution is 2.28. The van der Waals surface area contributed by atoms with Gasteiger partial charge in [-0.25, -0.2) is 0 Å². The summed E-state index contributed by atoms with van der Waals surface area (Å²) in [5.74, 6) is 0.888. The second kappa shape index (κ2) is 8.20. The van der Waals surface area contributed by atoms with Gasteiger partial charge in [-0.05, 0) is 44.2 Å². The van der Waals surface area contributed by atoms with E-state index >= 15 is 0 Å². The Kier molecular flexibility index (Phi) is 6.26. The van der Waals surface area contributed by atoms with E-state index in [0.717, 1.165) is 38.0 Å². The predicted octanol–water partition coefficient (Wildman–Crippen LogP) is 3.65. The Morgan fingerprint density at radius 2 is 2.33 bits per heavy atom. The van der Waals surface area contributed by atoms with Gasteiger partial charge in [-0.1, -0.05) is 13.0 Å². The van der Waals surface area contributed by atoms with Crippen molar-refractivity contribution in [1.82, 2.24) is 15.1 Å². The molecule has 4 nitrogen and oxygen atoms in total. The lowest BCUT2D eigenvalue weighted by Crippen LogP contribution is -2.21. The zero-order valence-electron chi connectivity index (χ0n) is 13.1. The van der Waals surface area contributed by atoms with E-state index in [1.165, 1.54) is 10.6 Å². The first-order chi connectivity index (χ1) is 10.3. The van der Waals surface area contributed by atoms with E-state index in [0.29, 0.717) is 0 Å². The molecule has 0 spiro atoms. The smallest absolute Gasteiger partial charge is 0.161 e. The maximum Gasteiger partial charge on any atom is 0.161 e. The van der Waals surface area contributed by atoms with Crippen LogP contribution in [0.4, 0.5) is 0 Å². The van der Waals surface area contributed by atoms with E-state index in [4.69, 9.17) is 4.74 Å². The van der Waals surface area contributed by atoms with Crippen molar-refractivity contribution in [1.29, 1.82) is 0 Å². The van der Waals surface area contributed by atoms with Crippen LogP contribution in [0, 0.1) is 0 Å². The molecule has 0 aliphatic rings. The summed E-state index contributed by atoms with van der Waals surface area (Å²) < 4.78 is 7.56. The third-order valence-corrected chi connectivity index (χ3v) is 4.61. The normalized spacial score (nSPS) is 12.5. The summed E-state index contributed by atoms with van der Waals surface area (Å²) in [5, 5.41) is 10.0. The molecule has 0 aliphatic heterocycles. The number of nitrogens with one attached hydrogen (secondary N) is 1. The van der Waals surface area contributed by atoms with E-state index in [2.05, 4.69) is 39.5 Å². The third kappa shape index (κ3) is 4.08. The zero-order chi connectivity index (χ0) is 15.1. The molecule has 21 heavy (non-hydrogen) atoms. The van der Waals surface area contributed by atoms with Crippen LogP contribution in [0.2, 0.25) is 0 Å². The molecule has 0 aliphatic carbocycles. The van der Waals surface area contributed by atoms with Crippen molar-refractivity contribution < 1.29 is 4.74 Å². The van der Waals surface area contributed by atoms with Gasteiger partial charge in [0.2, 0.25) is 0 Å². The molecule has 2 aromatic heterocycles. The highest BCUT2D eigenvalue weighted by atomic mass is 32.1. The number of hydrogen-bond donors (Lipinski definition) is 1. The van der Waals surface area contributed by atoms with Crippen LogP contribution in [0.1, 0.15) is 42.8 Å². The molecule has 5 heteroatoms. The molecule has 2 rings (SSSR count). The van der Waals surface area contributed by atoms with Crippen LogP contribution in [0.5, 0.6) is 5.75 Å². The van der Waals surface area contributed by atoms with Crippen molar-refractivity contribution in [3.63, 3.8) is 0 Å². The quantitative estimate of drug-likeness (QED) is 0.768. The van der Waals surface area contributed by atoms with Crippen LogP contribution in [-0.4, -0.2) is 23.9 Å². The van der Waals surface area contributed by atoms with Crippen molar-refractivity contribution in [2.24, 2.45) is 0 Å². The standard InChI is InChI=1S/C16H25N3OS/c1-4-10-19-16(15(20-3)12-18-19)14(17-2)9-5-7-13-8-6-11-21-13/h6,8,11-12,14,17H,4-5,7,9-10H2,1-3H3. The number of aryl methyl sites for hydroxylation is 2. The van der Waals surface area contributed by atoms with Crippen molar-refractivity contribution in [3.05, 3.63) is 34.3 Å². The molecule has 1 N–H and O–H groups in total. The summed E-state index contributed by atoms with van der Waals surface area (Å²) in [6.45, 7) is 3.10. The van der Waals surface area contributed by atoms with Gasteiger partial charge in [0, 0.05) is 11.4 Å². The minimum absolute atomic E-state index is 0.286. The van der Waals surface area contributed by atoms with Crippen LogP contribution in [0.15, 0.2) is 23.7 Å². The van der Waals surface area contributed by atoms with Gasteiger partial charge in [0.15, 0.2) is 5.75 Å². The Bertz CT molecular complexity index is 522. The second-order valence-electron chi connectivity index (χ2n) is 5.13. The first-order valence-electron chi connectivity index (χ1n) is 7.59. The summed E-state index contributed by atoms with van der Waals surface area (Å²) in [5.41, 5.74) is 1.17. The number of rotatable bonds is 9. The maximum absolute atomic E-state index is 5.49. The Labute approximate surface area is 131 Å². The van der Waals surface area contributed by atoms with Crippen molar-refractivity contribution >= 4 is 11.3 Å². The fourth-order valence-electron chi connectivity index (χ4n) is 2.63. The van der Waals surface area contributed by atoms with Crippen molar-refractivity contribution in [2.75, 3.05) is 14.2 Å². The monoisotopic (exact) mass is 307 g/mol. The minimum Gasteiger partial charge on any atom is -0.493 e. The Hall–Kier alpha value is -1.33. The number of methoxy groups -OCH3 is 1. The molecule has 0 saturated heterocycles.